The number of halogens is 2. The Balaban J connectivity index is 2.14. The van der Waals surface area contributed by atoms with Crippen molar-refractivity contribution in [3.8, 4) is 11.3 Å². The maximum Gasteiger partial charge on any atom is 0.268 e. The molecule has 0 unspecified atom stereocenters. The smallest absolute Gasteiger partial charge is 0.268 e. The molecule has 0 aliphatic rings. The lowest BCUT2D eigenvalue weighted by Crippen LogP contribution is -2.14. The second-order valence-corrected chi connectivity index (χ2v) is 7.00. The van der Waals surface area contributed by atoms with Crippen molar-refractivity contribution in [1.82, 2.24) is 14.3 Å². The highest BCUT2D eigenvalue weighted by atomic mass is 32.2. The zero-order valence-corrected chi connectivity index (χ0v) is 13.6. The molecule has 0 aliphatic carbocycles. The number of pyridine rings is 1. The van der Waals surface area contributed by atoms with E-state index >= 15 is 0 Å². The summed E-state index contributed by atoms with van der Waals surface area (Å²) >= 11 is 0. The number of hydrogen-bond donors (Lipinski definition) is 1. The number of benzene rings is 1. The standard InChI is InChI=1S/C17H15F2N3O2S/c1-20-10-12-9-16(15-3-2-8-21-17(15)19)22(11-12)25(23,24)14-6-4-13(18)5-7-14/h2-9,11,20H,10H2,1H3/i1D3. The highest BCUT2D eigenvalue weighted by Crippen LogP contribution is 2.28. The van der Waals surface area contributed by atoms with Crippen LogP contribution in [0.5, 0.6) is 0 Å². The van der Waals surface area contributed by atoms with Gasteiger partial charge in [0.2, 0.25) is 5.95 Å². The van der Waals surface area contributed by atoms with Gasteiger partial charge in [0, 0.05) is 23.1 Å². The van der Waals surface area contributed by atoms with Crippen LogP contribution in [0.4, 0.5) is 8.78 Å². The zero-order valence-electron chi connectivity index (χ0n) is 15.8. The first kappa shape index (κ1) is 13.7. The Morgan fingerprint density at radius 3 is 2.68 bits per heavy atom. The Hall–Kier alpha value is -2.58. The lowest BCUT2D eigenvalue weighted by Gasteiger charge is -2.11. The van der Waals surface area contributed by atoms with Crippen LogP contribution in [-0.2, 0) is 16.6 Å². The molecule has 0 saturated carbocycles. The number of aromatic nitrogens is 2. The summed E-state index contributed by atoms with van der Waals surface area (Å²) in [7, 11) is -4.20. The molecular weight excluding hydrogens is 348 g/mol. The van der Waals surface area contributed by atoms with E-state index in [-0.39, 0.29) is 22.7 Å². The van der Waals surface area contributed by atoms with Gasteiger partial charge in [-0.25, -0.2) is 21.8 Å². The van der Waals surface area contributed by atoms with Crippen molar-refractivity contribution >= 4 is 10.0 Å². The van der Waals surface area contributed by atoms with E-state index in [1.54, 1.807) is 0 Å². The fraction of sp³-hybridized carbons (Fsp3) is 0.118. The second kappa shape index (κ2) is 6.73. The van der Waals surface area contributed by atoms with Gasteiger partial charge >= 0.3 is 0 Å². The molecule has 0 atom stereocenters. The summed E-state index contributed by atoms with van der Waals surface area (Å²) in [5.41, 5.74) is 0.200. The third kappa shape index (κ3) is 3.31. The van der Waals surface area contributed by atoms with E-state index in [9.17, 15) is 17.2 Å². The second-order valence-electron chi connectivity index (χ2n) is 5.18. The molecule has 0 aliphatic heterocycles. The SMILES string of the molecule is [2H]C([2H])([2H])NCc1cc(-c2cccnc2F)n(S(=O)(=O)c2ccc(F)cc2)c1. The normalized spacial score (nSPS) is 13.9. The fourth-order valence-electron chi connectivity index (χ4n) is 2.39. The van der Waals surface area contributed by atoms with Crippen LogP contribution in [0, 0.1) is 11.8 Å². The Kier molecular flexibility index (Phi) is 3.69. The first-order valence-electron chi connectivity index (χ1n) is 8.66. The molecule has 130 valence electrons. The minimum absolute atomic E-state index is 0.0303. The van der Waals surface area contributed by atoms with Crippen molar-refractivity contribution < 1.29 is 21.3 Å². The van der Waals surface area contributed by atoms with Gasteiger partial charge in [0.1, 0.15) is 5.82 Å². The molecule has 0 saturated heterocycles. The van der Waals surface area contributed by atoms with Crippen LogP contribution in [0.2, 0.25) is 0 Å². The lowest BCUT2D eigenvalue weighted by atomic mass is 10.2. The van der Waals surface area contributed by atoms with E-state index in [2.05, 4.69) is 10.3 Å². The molecule has 25 heavy (non-hydrogen) atoms. The van der Waals surface area contributed by atoms with Gasteiger partial charge < -0.3 is 5.32 Å². The van der Waals surface area contributed by atoms with Crippen molar-refractivity contribution in [3.05, 3.63) is 72.2 Å². The van der Waals surface area contributed by atoms with Crippen LogP contribution in [0.15, 0.2) is 59.8 Å². The van der Waals surface area contributed by atoms with Crippen molar-refractivity contribution in [2.75, 3.05) is 6.98 Å². The molecule has 5 nitrogen and oxygen atoms in total. The predicted octanol–water partition coefficient (Wildman–Crippen LogP) is 2.78. The van der Waals surface area contributed by atoms with E-state index in [1.165, 1.54) is 30.6 Å². The highest BCUT2D eigenvalue weighted by molar-refractivity contribution is 7.90. The van der Waals surface area contributed by atoms with Gasteiger partial charge in [0.25, 0.3) is 10.0 Å². The molecule has 0 radical (unpaired) electrons. The molecule has 2 aromatic heterocycles. The Labute approximate surface area is 148 Å². The van der Waals surface area contributed by atoms with Crippen molar-refractivity contribution in [2.45, 2.75) is 11.4 Å². The van der Waals surface area contributed by atoms with E-state index < -0.39 is 28.8 Å². The topological polar surface area (TPSA) is 64.0 Å². The zero-order chi connectivity index (χ0) is 20.5. The third-order valence-electron chi connectivity index (χ3n) is 3.54. The number of nitrogens with one attached hydrogen (secondary N) is 1. The highest BCUT2D eigenvalue weighted by Gasteiger charge is 2.23. The molecule has 0 amide bonds. The first-order chi connectivity index (χ1) is 13.1. The van der Waals surface area contributed by atoms with Gasteiger partial charge in [-0.1, -0.05) is 0 Å². The molecule has 8 heteroatoms. The van der Waals surface area contributed by atoms with E-state index in [4.69, 9.17) is 4.11 Å². The first-order valence-corrected chi connectivity index (χ1v) is 8.60. The summed E-state index contributed by atoms with van der Waals surface area (Å²) in [4.78, 5) is 3.32. The van der Waals surface area contributed by atoms with Crippen LogP contribution in [-0.4, -0.2) is 24.4 Å². The summed E-state index contributed by atoms with van der Waals surface area (Å²) in [6.45, 7) is -2.60. The van der Waals surface area contributed by atoms with Crippen LogP contribution in [0.1, 0.15) is 9.68 Å². The van der Waals surface area contributed by atoms with E-state index in [1.807, 2.05) is 0 Å². The van der Waals surface area contributed by atoms with E-state index in [0.29, 0.717) is 5.56 Å². The minimum atomic E-state index is -4.20. The summed E-state index contributed by atoms with van der Waals surface area (Å²) in [5, 5.41) is 2.28. The number of hydrogen-bond acceptors (Lipinski definition) is 4. The van der Waals surface area contributed by atoms with Gasteiger partial charge in [-0.3, -0.25) is 0 Å². The van der Waals surface area contributed by atoms with E-state index in [0.717, 1.165) is 28.2 Å². The van der Waals surface area contributed by atoms with Crippen LogP contribution in [0.3, 0.4) is 0 Å². The van der Waals surface area contributed by atoms with Crippen molar-refractivity contribution in [2.24, 2.45) is 0 Å². The predicted molar refractivity (Wildman–Crippen MR) is 89.4 cm³/mol. The Bertz CT molecular complexity index is 1100. The minimum Gasteiger partial charge on any atom is -0.316 e. The summed E-state index contributed by atoms with van der Waals surface area (Å²) in [6, 6.07) is 8.34. The summed E-state index contributed by atoms with van der Waals surface area (Å²) in [5.74, 6) is -1.49. The van der Waals surface area contributed by atoms with Gasteiger partial charge in [-0.05, 0) is 55.0 Å². The van der Waals surface area contributed by atoms with Crippen LogP contribution in [0.25, 0.3) is 11.3 Å². The fourth-order valence-corrected chi connectivity index (χ4v) is 3.78. The Morgan fingerprint density at radius 2 is 2.00 bits per heavy atom. The molecule has 1 N–H and O–H groups in total. The molecule has 0 spiro atoms. The van der Waals surface area contributed by atoms with Gasteiger partial charge in [-0.15, -0.1) is 0 Å². The lowest BCUT2D eigenvalue weighted by molar-refractivity contribution is 0.582. The largest absolute Gasteiger partial charge is 0.316 e. The molecule has 2 heterocycles. The van der Waals surface area contributed by atoms with Gasteiger partial charge in [-0.2, -0.15) is 4.39 Å². The summed E-state index contributed by atoms with van der Waals surface area (Å²) < 4.78 is 75.9. The van der Waals surface area contributed by atoms with Crippen LogP contribution >= 0.6 is 0 Å². The molecule has 1 aromatic carbocycles. The van der Waals surface area contributed by atoms with Crippen LogP contribution < -0.4 is 5.32 Å². The van der Waals surface area contributed by atoms with Crippen molar-refractivity contribution in [1.29, 1.82) is 0 Å². The van der Waals surface area contributed by atoms with Gasteiger partial charge in [0.05, 0.1) is 16.2 Å². The molecule has 0 fully saturated rings. The molecule has 0 bridgehead atoms. The average molecular weight is 366 g/mol. The van der Waals surface area contributed by atoms with Gasteiger partial charge in [0.15, 0.2) is 0 Å². The molecule has 3 rings (SSSR count). The summed E-state index contributed by atoms with van der Waals surface area (Å²) in [6.07, 6.45) is 2.41. The average Bonchev–Trinajstić information content (AvgIpc) is 3.05. The Morgan fingerprint density at radius 1 is 1.24 bits per heavy atom. The number of nitrogens with zero attached hydrogens (tertiary/aromatic N) is 2. The molecular formula is C17H15F2N3O2S. The number of rotatable bonds is 5. The quantitative estimate of drug-likeness (QED) is 0.706. The molecule has 3 aromatic rings. The maximum absolute atomic E-state index is 14.2. The maximum atomic E-state index is 14.2. The third-order valence-corrected chi connectivity index (χ3v) is 5.23. The van der Waals surface area contributed by atoms with Crippen molar-refractivity contribution in [3.63, 3.8) is 0 Å². The monoisotopic (exact) mass is 366 g/mol.